The van der Waals surface area contributed by atoms with Crippen molar-refractivity contribution in [2.45, 2.75) is 44.8 Å². The number of nitrogens with zero attached hydrogens (tertiary/aromatic N) is 1. The van der Waals surface area contributed by atoms with Crippen molar-refractivity contribution >= 4 is 21.9 Å². The number of carbonyl (C=O) groups excluding carboxylic acids is 2. The molecule has 0 saturated carbocycles. The first-order valence-corrected chi connectivity index (χ1v) is 10.2. The van der Waals surface area contributed by atoms with Gasteiger partial charge < -0.3 is 14.4 Å². The molecule has 0 aliphatic carbocycles. The quantitative estimate of drug-likeness (QED) is 0.710. The Hall–Kier alpha value is -1.97. The zero-order valence-electron chi connectivity index (χ0n) is 16.0. The van der Waals surface area contributed by atoms with E-state index < -0.39 is 29.1 Å². The molecule has 1 N–H and O–H groups in total. The van der Waals surface area contributed by atoms with Crippen LogP contribution in [0.2, 0.25) is 0 Å². The van der Waals surface area contributed by atoms with Gasteiger partial charge in [-0.3, -0.25) is 9.59 Å². The Morgan fingerprint density at radius 1 is 1.19 bits per heavy atom. The molecule has 2 rings (SSSR count). The second-order valence-corrected chi connectivity index (χ2v) is 8.55. The summed E-state index contributed by atoms with van der Waals surface area (Å²) in [6.45, 7) is 7.31. The zero-order valence-corrected chi connectivity index (χ0v) is 16.8. The van der Waals surface area contributed by atoms with Gasteiger partial charge in [0.05, 0.1) is 17.1 Å². The number of hydrogen-bond acceptors (Lipinski definition) is 6. The van der Waals surface area contributed by atoms with Crippen molar-refractivity contribution in [2.75, 3.05) is 26.2 Å². The van der Waals surface area contributed by atoms with Crippen LogP contribution in [-0.2, 0) is 29.1 Å². The molecule has 1 aromatic carbocycles. The summed E-state index contributed by atoms with van der Waals surface area (Å²) < 4.78 is 37.1. The molecule has 8 nitrogen and oxygen atoms in total. The van der Waals surface area contributed by atoms with E-state index in [2.05, 4.69) is 4.72 Å². The minimum atomic E-state index is -3.83. The number of aryl methyl sites for hydroxylation is 2. The smallest absolute Gasteiger partial charge is 0.321 e. The van der Waals surface area contributed by atoms with Gasteiger partial charge in [-0.15, -0.1) is 0 Å². The first-order chi connectivity index (χ1) is 12.6. The van der Waals surface area contributed by atoms with Crippen LogP contribution in [0.3, 0.4) is 0 Å². The van der Waals surface area contributed by atoms with Gasteiger partial charge in [-0.2, -0.15) is 4.72 Å². The average molecular weight is 398 g/mol. The molecule has 1 amide bonds. The topological polar surface area (TPSA) is 102 Å². The van der Waals surface area contributed by atoms with Crippen LogP contribution in [0, 0.1) is 13.8 Å². The summed E-state index contributed by atoms with van der Waals surface area (Å²) >= 11 is 0. The first-order valence-electron chi connectivity index (χ1n) is 8.74. The molecule has 150 valence electrons. The Bertz CT molecular complexity index is 798. The van der Waals surface area contributed by atoms with E-state index in [4.69, 9.17) is 9.47 Å². The fourth-order valence-corrected chi connectivity index (χ4v) is 3.84. The predicted octanol–water partition coefficient (Wildman–Crippen LogP) is 0.761. The minimum Gasteiger partial charge on any atom is -0.455 e. The molecule has 0 spiro atoms. The summed E-state index contributed by atoms with van der Waals surface area (Å²) in [4.78, 5) is 25.6. The summed E-state index contributed by atoms with van der Waals surface area (Å²) in [7, 11) is -3.83. The van der Waals surface area contributed by atoms with Crippen LogP contribution >= 0.6 is 0 Å². The lowest BCUT2D eigenvalue weighted by Gasteiger charge is -2.35. The van der Waals surface area contributed by atoms with Crippen molar-refractivity contribution in [3.05, 3.63) is 29.3 Å². The van der Waals surface area contributed by atoms with Crippen molar-refractivity contribution in [2.24, 2.45) is 0 Å². The number of hydrogen-bond donors (Lipinski definition) is 1. The van der Waals surface area contributed by atoms with Gasteiger partial charge in [0.15, 0.2) is 6.61 Å². The molecule has 9 heteroatoms. The zero-order chi connectivity index (χ0) is 20.2. The molecular weight excluding hydrogens is 372 g/mol. The molecule has 0 unspecified atom stereocenters. The van der Waals surface area contributed by atoms with Gasteiger partial charge in [0.2, 0.25) is 10.0 Å². The first kappa shape index (κ1) is 21.3. The van der Waals surface area contributed by atoms with Crippen LogP contribution in [0.25, 0.3) is 0 Å². The molecule has 1 heterocycles. The number of carbonyl (C=O) groups is 2. The average Bonchev–Trinajstić information content (AvgIpc) is 2.59. The molecule has 1 fully saturated rings. The normalized spacial score (nSPS) is 20.4. The Morgan fingerprint density at radius 2 is 1.81 bits per heavy atom. The molecule has 1 saturated heterocycles. The van der Waals surface area contributed by atoms with E-state index in [9.17, 15) is 18.0 Å². The highest BCUT2D eigenvalue weighted by molar-refractivity contribution is 7.89. The van der Waals surface area contributed by atoms with E-state index in [-0.39, 0.29) is 23.0 Å². The monoisotopic (exact) mass is 398 g/mol. The molecule has 2 atom stereocenters. The van der Waals surface area contributed by atoms with Crippen molar-refractivity contribution < 1.29 is 27.5 Å². The lowest BCUT2D eigenvalue weighted by Crippen LogP contribution is -2.49. The van der Waals surface area contributed by atoms with Crippen LogP contribution in [-0.4, -0.2) is 63.6 Å². The van der Waals surface area contributed by atoms with Crippen molar-refractivity contribution in [3.63, 3.8) is 0 Å². The van der Waals surface area contributed by atoms with Crippen LogP contribution in [0.5, 0.6) is 0 Å². The minimum absolute atomic E-state index is 0.0748. The van der Waals surface area contributed by atoms with Gasteiger partial charge in [-0.1, -0.05) is 6.07 Å². The Labute approximate surface area is 159 Å². The van der Waals surface area contributed by atoms with Crippen molar-refractivity contribution in [3.8, 4) is 0 Å². The second-order valence-electron chi connectivity index (χ2n) is 6.79. The second kappa shape index (κ2) is 8.81. The van der Waals surface area contributed by atoms with Crippen LogP contribution in [0.4, 0.5) is 0 Å². The van der Waals surface area contributed by atoms with Crippen LogP contribution < -0.4 is 4.72 Å². The molecule has 27 heavy (non-hydrogen) atoms. The van der Waals surface area contributed by atoms with E-state index in [0.29, 0.717) is 13.1 Å². The number of nitrogens with one attached hydrogen (secondary N) is 1. The maximum atomic E-state index is 12.2. The molecule has 1 aliphatic rings. The summed E-state index contributed by atoms with van der Waals surface area (Å²) in [5, 5.41) is 0. The van der Waals surface area contributed by atoms with E-state index >= 15 is 0 Å². The Kier molecular flexibility index (Phi) is 6.96. The largest absolute Gasteiger partial charge is 0.455 e. The molecular formula is C18H26N2O6S. The SMILES string of the molecule is Cc1ccc(S(=O)(=O)NCC(=O)OCC(=O)N2C[C@@H](C)O[C@H](C)C2)cc1C. The maximum Gasteiger partial charge on any atom is 0.321 e. The molecule has 0 bridgehead atoms. The number of morpholine rings is 1. The van der Waals surface area contributed by atoms with Gasteiger partial charge in [0.25, 0.3) is 5.91 Å². The summed E-state index contributed by atoms with van der Waals surface area (Å²) in [5.41, 5.74) is 1.80. The third-order valence-electron chi connectivity index (χ3n) is 4.32. The lowest BCUT2D eigenvalue weighted by atomic mass is 10.1. The summed E-state index contributed by atoms with van der Waals surface area (Å²) in [6.07, 6.45) is -0.170. The molecule has 1 aromatic rings. The van der Waals surface area contributed by atoms with E-state index in [1.807, 2.05) is 27.7 Å². The highest BCUT2D eigenvalue weighted by Crippen LogP contribution is 2.14. The fourth-order valence-electron chi connectivity index (χ4n) is 2.78. The lowest BCUT2D eigenvalue weighted by molar-refractivity contribution is -0.156. The number of sulfonamides is 1. The van der Waals surface area contributed by atoms with Gasteiger partial charge in [0.1, 0.15) is 6.54 Å². The third-order valence-corrected chi connectivity index (χ3v) is 5.72. The Morgan fingerprint density at radius 3 is 2.41 bits per heavy atom. The molecule has 0 radical (unpaired) electrons. The van der Waals surface area contributed by atoms with Crippen molar-refractivity contribution in [1.82, 2.24) is 9.62 Å². The summed E-state index contributed by atoms with van der Waals surface area (Å²) in [6, 6.07) is 4.71. The molecule has 1 aliphatic heterocycles. The van der Waals surface area contributed by atoms with Crippen molar-refractivity contribution in [1.29, 1.82) is 0 Å². The number of amides is 1. The predicted molar refractivity (Wildman–Crippen MR) is 98.7 cm³/mol. The maximum absolute atomic E-state index is 12.2. The number of esters is 1. The Balaban J connectivity index is 1.83. The highest BCUT2D eigenvalue weighted by atomic mass is 32.2. The van der Waals surface area contributed by atoms with Gasteiger partial charge in [0, 0.05) is 13.1 Å². The highest BCUT2D eigenvalue weighted by Gasteiger charge is 2.26. The third kappa shape index (κ3) is 6.02. The number of rotatable bonds is 6. The van der Waals surface area contributed by atoms with E-state index in [1.54, 1.807) is 11.0 Å². The van der Waals surface area contributed by atoms with Gasteiger partial charge >= 0.3 is 5.97 Å². The fraction of sp³-hybridized carbons (Fsp3) is 0.556. The van der Waals surface area contributed by atoms with Crippen LogP contribution in [0.1, 0.15) is 25.0 Å². The molecule has 0 aromatic heterocycles. The standard InChI is InChI=1S/C18H26N2O6S/c1-12-5-6-16(7-13(12)2)27(23,24)19-8-18(22)25-11-17(21)20-9-14(3)26-15(4)10-20/h5-7,14-15,19H,8-11H2,1-4H3/t14-,15-/m1/s1. The van der Waals surface area contributed by atoms with Crippen LogP contribution in [0.15, 0.2) is 23.1 Å². The number of benzene rings is 1. The van der Waals surface area contributed by atoms with E-state index in [0.717, 1.165) is 11.1 Å². The van der Waals surface area contributed by atoms with Gasteiger partial charge in [-0.25, -0.2) is 8.42 Å². The number of ether oxygens (including phenoxy) is 2. The van der Waals surface area contributed by atoms with Gasteiger partial charge in [-0.05, 0) is 51.0 Å². The summed E-state index contributed by atoms with van der Waals surface area (Å²) in [5.74, 6) is -1.15. The van der Waals surface area contributed by atoms with E-state index in [1.165, 1.54) is 12.1 Å².